The standard InChI is InChI=1S/C11H13N5O3S/c1-5-6(2)11(19)16(15-8(5)17)3-7-4-20-10(13-7)9(18)14-12/h4H,3,12H2,1-2H3,(H,14,18)(H,15,17). The Balaban J connectivity index is 2.36. The van der Waals surface area contributed by atoms with Crippen LogP contribution in [0.5, 0.6) is 0 Å². The van der Waals surface area contributed by atoms with Gasteiger partial charge in [-0.05, 0) is 13.8 Å². The highest BCUT2D eigenvalue weighted by Gasteiger charge is 2.12. The van der Waals surface area contributed by atoms with Crippen LogP contribution in [0.4, 0.5) is 0 Å². The van der Waals surface area contributed by atoms with E-state index in [4.69, 9.17) is 5.84 Å². The summed E-state index contributed by atoms with van der Waals surface area (Å²) in [7, 11) is 0. The molecule has 0 aliphatic heterocycles. The molecule has 0 aliphatic carbocycles. The monoisotopic (exact) mass is 295 g/mol. The van der Waals surface area contributed by atoms with Gasteiger partial charge in [0, 0.05) is 16.5 Å². The molecule has 0 saturated heterocycles. The minimum atomic E-state index is -0.498. The maximum absolute atomic E-state index is 12.0. The maximum atomic E-state index is 12.0. The van der Waals surface area contributed by atoms with Crippen LogP contribution in [0.1, 0.15) is 26.6 Å². The normalized spacial score (nSPS) is 10.6. The Labute approximate surface area is 117 Å². The molecule has 2 aromatic rings. The molecule has 8 nitrogen and oxygen atoms in total. The fraction of sp³-hybridized carbons (Fsp3) is 0.273. The Hall–Kier alpha value is -2.26. The summed E-state index contributed by atoms with van der Waals surface area (Å²) in [5, 5.41) is 4.30. The van der Waals surface area contributed by atoms with Crippen LogP contribution in [0.3, 0.4) is 0 Å². The third-order valence-corrected chi connectivity index (χ3v) is 3.79. The lowest BCUT2D eigenvalue weighted by atomic mass is 10.2. The zero-order valence-corrected chi connectivity index (χ0v) is 11.7. The molecular formula is C11H13N5O3S. The average Bonchev–Trinajstić information content (AvgIpc) is 2.90. The van der Waals surface area contributed by atoms with Crippen LogP contribution in [-0.4, -0.2) is 20.7 Å². The van der Waals surface area contributed by atoms with Crippen molar-refractivity contribution in [3.8, 4) is 0 Å². The van der Waals surface area contributed by atoms with Gasteiger partial charge < -0.3 is 0 Å². The van der Waals surface area contributed by atoms with Crippen LogP contribution in [-0.2, 0) is 6.54 Å². The number of H-pyrrole nitrogens is 1. The van der Waals surface area contributed by atoms with Gasteiger partial charge in [-0.3, -0.25) is 24.9 Å². The minimum Gasteiger partial charge on any atom is -0.288 e. The molecule has 2 aromatic heterocycles. The van der Waals surface area contributed by atoms with Crippen LogP contribution in [0.15, 0.2) is 15.0 Å². The maximum Gasteiger partial charge on any atom is 0.294 e. The second-order valence-electron chi connectivity index (χ2n) is 4.20. The number of nitrogen functional groups attached to an aromatic ring is 1. The van der Waals surface area contributed by atoms with Crippen LogP contribution in [0.25, 0.3) is 0 Å². The molecule has 4 N–H and O–H groups in total. The molecule has 106 valence electrons. The molecule has 20 heavy (non-hydrogen) atoms. The Morgan fingerprint density at radius 1 is 1.45 bits per heavy atom. The third-order valence-electron chi connectivity index (χ3n) is 2.90. The van der Waals surface area contributed by atoms with Gasteiger partial charge in [0.25, 0.3) is 17.0 Å². The number of aromatic nitrogens is 3. The molecule has 0 bridgehead atoms. The lowest BCUT2D eigenvalue weighted by Gasteiger charge is -2.06. The Morgan fingerprint density at radius 3 is 2.80 bits per heavy atom. The molecule has 9 heteroatoms. The van der Waals surface area contributed by atoms with Crippen molar-refractivity contribution in [2.24, 2.45) is 5.84 Å². The van der Waals surface area contributed by atoms with Crippen LogP contribution in [0, 0.1) is 13.8 Å². The van der Waals surface area contributed by atoms with Gasteiger partial charge in [-0.2, -0.15) is 0 Å². The third kappa shape index (κ3) is 2.53. The first-order valence-electron chi connectivity index (χ1n) is 5.69. The number of hydrogen-bond donors (Lipinski definition) is 3. The van der Waals surface area contributed by atoms with Gasteiger partial charge in [0.1, 0.15) is 0 Å². The van der Waals surface area contributed by atoms with Crippen LogP contribution >= 0.6 is 11.3 Å². The smallest absolute Gasteiger partial charge is 0.288 e. The van der Waals surface area contributed by atoms with E-state index in [0.717, 1.165) is 11.3 Å². The number of carbonyl (C=O) groups is 1. The van der Waals surface area contributed by atoms with Crippen molar-refractivity contribution in [3.05, 3.63) is 47.9 Å². The van der Waals surface area contributed by atoms with Crippen molar-refractivity contribution in [3.63, 3.8) is 0 Å². The number of nitrogens with two attached hydrogens (primary N) is 1. The number of carbonyl (C=O) groups excluding carboxylic acids is 1. The van der Waals surface area contributed by atoms with Crippen LogP contribution < -0.4 is 22.4 Å². The zero-order valence-electron chi connectivity index (χ0n) is 10.9. The first-order chi connectivity index (χ1) is 9.43. The molecule has 0 aliphatic rings. The number of rotatable bonds is 3. The molecule has 2 rings (SSSR count). The van der Waals surface area contributed by atoms with Crippen molar-refractivity contribution in [2.75, 3.05) is 0 Å². The highest BCUT2D eigenvalue weighted by molar-refractivity contribution is 7.11. The van der Waals surface area contributed by atoms with E-state index in [-0.39, 0.29) is 22.7 Å². The first-order valence-corrected chi connectivity index (χ1v) is 6.57. The average molecular weight is 295 g/mol. The Kier molecular flexibility index (Phi) is 3.81. The van der Waals surface area contributed by atoms with Crippen molar-refractivity contribution < 1.29 is 4.79 Å². The SMILES string of the molecule is Cc1c(C)c(=O)n(Cc2csc(C(=O)NN)n2)[nH]c1=O. The summed E-state index contributed by atoms with van der Waals surface area (Å²) >= 11 is 1.11. The predicted molar refractivity (Wildman–Crippen MR) is 73.7 cm³/mol. The van der Waals surface area contributed by atoms with E-state index < -0.39 is 5.91 Å². The molecule has 0 atom stereocenters. The molecule has 0 aromatic carbocycles. The van der Waals surface area contributed by atoms with Crippen molar-refractivity contribution in [1.82, 2.24) is 20.2 Å². The van der Waals surface area contributed by atoms with Crippen molar-refractivity contribution in [1.29, 1.82) is 0 Å². The highest BCUT2D eigenvalue weighted by atomic mass is 32.1. The molecule has 0 spiro atoms. The number of aromatic amines is 1. The van der Waals surface area contributed by atoms with Gasteiger partial charge in [0.05, 0.1) is 12.2 Å². The lowest BCUT2D eigenvalue weighted by molar-refractivity contribution is 0.0953. The zero-order chi connectivity index (χ0) is 14.9. The fourth-order valence-electron chi connectivity index (χ4n) is 1.61. The molecule has 0 fully saturated rings. The molecule has 0 radical (unpaired) electrons. The van der Waals surface area contributed by atoms with E-state index in [2.05, 4.69) is 10.1 Å². The quantitative estimate of drug-likeness (QED) is 0.391. The van der Waals surface area contributed by atoms with E-state index in [9.17, 15) is 14.4 Å². The number of hydrogen-bond acceptors (Lipinski definition) is 6. The molecule has 2 heterocycles. The number of hydrazine groups is 1. The van der Waals surface area contributed by atoms with E-state index >= 15 is 0 Å². The van der Waals surface area contributed by atoms with Gasteiger partial charge in [-0.1, -0.05) is 0 Å². The number of thiazole rings is 1. The minimum absolute atomic E-state index is 0.0868. The molecular weight excluding hydrogens is 282 g/mol. The van der Waals surface area contributed by atoms with Crippen LogP contribution in [0.2, 0.25) is 0 Å². The van der Waals surface area contributed by atoms with E-state index in [1.165, 1.54) is 4.68 Å². The Morgan fingerprint density at radius 2 is 2.15 bits per heavy atom. The predicted octanol–water partition coefficient (Wildman–Crippen LogP) is -0.738. The van der Waals surface area contributed by atoms with Crippen molar-refractivity contribution in [2.45, 2.75) is 20.4 Å². The summed E-state index contributed by atoms with van der Waals surface area (Å²) < 4.78 is 1.17. The number of nitrogens with one attached hydrogen (secondary N) is 2. The summed E-state index contributed by atoms with van der Waals surface area (Å²) in [5.41, 5.74) is 2.65. The van der Waals surface area contributed by atoms with Gasteiger partial charge in [-0.15, -0.1) is 11.3 Å². The second-order valence-corrected chi connectivity index (χ2v) is 5.06. The second kappa shape index (κ2) is 5.39. The van der Waals surface area contributed by atoms with E-state index in [0.29, 0.717) is 16.8 Å². The van der Waals surface area contributed by atoms with Gasteiger partial charge in [0.2, 0.25) is 0 Å². The van der Waals surface area contributed by atoms with Gasteiger partial charge in [-0.25, -0.2) is 15.5 Å². The van der Waals surface area contributed by atoms with Crippen molar-refractivity contribution >= 4 is 17.2 Å². The van der Waals surface area contributed by atoms with E-state index in [1.807, 2.05) is 5.43 Å². The molecule has 0 saturated carbocycles. The number of nitrogens with zero attached hydrogens (tertiary/aromatic N) is 2. The number of amides is 1. The summed E-state index contributed by atoms with van der Waals surface area (Å²) in [6.45, 7) is 3.27. The Bertz CT molecular complexity index is 773. The largest absolute Gasteiger partial charge is 0.294 e. The molecule has 0 unspecified atom stereocenters. The summed E-state index contributed by atoms with van der Waals surface area (Å²) in [6.07, 6.45) is 0. The fourth-order valence-corrected chi connectivity index (χ4v) is 2.32. The summed E-state index contributed by atoms with van der Waals surface area (Å²) in [6, 6.07) is 0. The highest BCUT2D eigenvalue weighted by Crippen LogP contribution is 2.09. The van der Waals surface area contributed by atoms with Gasteiger partial charge in [0.15, 0.2) is 5.01 Å². The lowest BCUT2D eigenvalue weighted by Crippen LogP contribution is -2.33. The van der Waals surface area contributed by atoms with Gasteiger partial charge >= 0.3 is 0 Å². The van der Waals surface area contributed by atoms with E-state index in [1.54, 1.807) is 19.2 Å². The summed E-state index contributed by atoms with van der Waals surface area (Å²) in [5.74, 6) is 4.51. The first kappa shape index (κ1) is 14.2. The topological polar surface area (TPSA) is 123 Å². The summed E-state index contributed by atoms with van der Waals surface area (Å²) in [4.78, 5) is 39.0. The molecule has 1 amide bonds.